The van der Waals surface area contributed by atoms with Crippen molar-refractivity contribution in [1.82, 2.24) is 9.96 Å². The Balaban J connectivity index is 1.97. The van der Waals surface area contributed by atoms with Crippen LogP contribution in [-0.4, -0.2) is 63.5 Å². The van der Waals surface area contributed by atoms with E-state index in [1.807, 2.05) is 0 Å². The number of nitro groups is 1. The van der Waals surface area contributed by atoms with Crippen LogP contribution in [0.1, 0.15) is 25.3 Å². The Bertz CT molecular complexity index is 802. The summed E-state index contributed by atoms with van der Waals surface area (Å²) in [5.41, 5.74) is 0.575. The standard InChI is InChI=1S/C20H25N3O7S/c1-3-10-30-21(14-24)9-8-18-11-19(31-15(2)25)12-22(18)20(26)29-13-16-4-6-17(7-5-16)23(27)28/h3-7,14,18-19H,1,8-13H2,2H3/t18-,19+/m1/s1. The molecule has 0 N–H and O–H groups in total. The van der Waals surface area contributed by atoms with Gasteiger partial charge in [-0.3, -0.25) is 24.5 Å². The number of carbonyl (C=O) groups excluding carboxylic acids is 3. The van der Waals surface area contributed by atoms with Crippen LogP contribution in [0.15, 0.2) is 36.9 Å². The quantitative estimate of drug-likeness (QED) is 0.218. The van der Waals surface area contributed by atoms with Gasteiger partial charge in [-0.2, -0.15) is 0 Å². The van der Waals surface area contributed by atoms with Gasteiger partial charge < -0.3 is 9.64 Å². The fourth-order valence-corrected chi connectivity index (χ4v) is 4.23. The maximum atomic E-state index is 12.7. The number of likely N-dealkylation sites (tertiary alicyclic amines) is 1. The van der Waals surface area contributed by atoms with Gasteiger partial charge >= 0.3 is 6.09 Å². The van der Waals surface area contributed by atoms with Crippen molar-refractivity contribution in [2.24, 2.45) is 0 Å². The van der Waals surface area contributed by atoms with Crippen LogP contribution in [0.4, 0.5) is 10.5 Å². The van der Waals surface area contributed by atoms with Gasteiger partial charge in [-0.05, 0) is 30.5 Å². The van der Waals surface area contributed by atoms with Gasteiger partial charge in [-0.1, -0.05) is 17.8 Å². The molecule has 11 heteroatoms. The molecule has 10 nitrogen and oxygen atoms in total. The molecule has 0 aromatic heterocycles. The summed E-state index contributed by atoms with van der Waals surface area (Å²) in [7, 11) is 0. The first kappa shape index (κ1) is 24.4. The summed E-state index contributed by atoms with van der Waals surface area (Å²) >= 11 is 1.18. The van der Waals surface area contributed by atoms with E-state index in [1.165, 1.54) is 49.0 Å². The van der Waals surface area contributed by atoms with E-state index in [-0.39, 0.29) is 41.9 Å². The zero-order chi connectivity index (χ0) is 22.8. The third kappa shape index (κ3) is 7.68. The zero-order valence-corrected chi connectivity index (χ0v) is 18.0. The minimum absolute atomic E-state index is 0.0336. The molecule has 168 valence electrons. The number of hydroxylamine groups is 2. The molecule has 0 unspecified atom stereocenters. The number of nitrogens with zero attached hydrogens (tertiary/aromatic N) is 3. The Morgan fingerprint density at radius 2 is 2.10 bits per heavy atom. The smallest absolute Gasteiger partial charge is 0.410 e. The van der Waals surface area contributed by atoms with Crippen molar-refractivity contribution in [3.63, 3.8) is 0 Å². The van der Waals surface area contributed by atoms with Crippen LogP contribution in [-0.2, 0) is 25.8 Å². The summed E-state index contributed by atoms with van der Waals surface area (Å²) in [6, 6.07) is 5.52. The van der Waals surface area contributed by atoms with Crippen molar-refractivity contribution >= 4 is 35.1 Å². The summed E-state index contributed by atoms with van der Waals surface area (Å²) in [5.74, 6) is 0. The van der Waals surface area contributed by atoms with E-state index in [1.54, 1.807) is 4.90 Å². The molecule has 2 rings (SSSR count). The first-order chi connectivity index (χ1) is 14.8. The molecule has 1 aliphatic heterocycles. The molecule has 1 saturated heterocycles. The number of non-ortho nitro benzene ring substituents is 1. The van der Waals surface area contributed by atoms with E-state index in [2.05, 4.69) is 6.58 Å². The van der Waals surface area contributed by atoms with Crippen molar-refractivity contribution in [1.29, 1.82) is 0 Å². The van der Waals surface area contributed by atoms with Crippen molar-refractivity contribution < 1.29 is 28.9 Å². The van der Waals surface area contributed by atoms with Gasteiger partial charge in [0.1, 0.15) is 6.61 Å². The SMILES string of the molecule is C=CCON(C=O)CC[C@@H]1C[C@H](SC(C)=O)CN1C(=O)OCc1ccc([N+](=O)[O-])cc1. The second-order valence-electron chi connectivity index (χ2n) is 6.87. The highest BCUT2D eigenvalue weighted by molar-refractivity contribution is 8.14. The molecule has 2 atom stereocenters. The molecule has 0 saturated carbocycles. The van der Waals surface area contributed by atoms with Crippen molar-refractivity contribution in [2.75, 3.05) is 19.7 Å². The highest BCUT2D eigenvalue weighted by Crippen LogP contribution is 2.30. The maximum absolute atomic E-state index is 12.7. The fourth-order valence-electron chi connectivity index (χ4n) is 3.21. The van der Waals surface area contributed by atoms with Crippen molar-refractivity contribution in [3.8, 4) is 0 Å². The predicted molar refractivity (Wildman–Crippen MR) is 114 cm³/mol. The Kier molecular flexibility index (Phi) is 9.47. The molecule has 0 radical (unpaired) electrons. The van der Waals surface area contributed by atoms with Gasteiger partial charge in [-0.25, -0.2) is 9.86 Å². The monoisotopic (exact) mass is 451 g/mol. The highest BCUT2D eigenvalue weighted by atomic mass is 32.2. The normalized spacial score (nSPS) is 17.8. The lowest BCUT2D eigenvalue weighted by molar-refractivity contribution is -0.384. The molecule has 0 aliphatic carbocycles. The number of ether oxygens (including phenoxy) is 1. The third-order valence-corrected chi connectivity index (χ3v) is 5.62. The fraction of sp³-hybridized carbons (Fsp3) is 0.450. The van der Waals surface area contributed by atoms with Crippen LogP contribution in [0.3, 0.4) is 0 Å². The molecular formula is C20H25N3O7S. The van der Waals surface area contributed by atoms with Gasteiger partial charge in [0.15, 0.2) is 5.12 Å². The second-order valence-corrected chi connectivity index (χ2v) is 8.35. The lowest BCUT2D eigenvalue weighted by atomic mass is 10.1. The third-order valence-electron chi connectivity index (χ3n) is 4.61. The average Bonchev–Trinajstić information content (AvgIpc) is 3.14. The summed E-state index contributed by atoms with van der Waals surface area (Å²) in [6.45, 7) is 5.78. The number of hydrogen-bond acceptors (Lipinski definition) is 8. The van der Waals surface area contributed by atoms with Crippen molar-refractivity contribution in [2.45, 2.75) is 37.7 Å². The van der Waals surface area contributed by atoms with Crippen LogP contribution in [0.2, 0.25) is 0 Å². The van der Waals surface area contributed by atoms with Gasteiger partial charge in [0.2, 0.25) is 6.41 Å². The number of benzene rings is 1. The van der Waals surface area contributed by atoms with E-state index in [0.717, 1.165) is 5.06 Å². The summed E-state index contributed by atoms with van der Waals surface area (Å²) in [6.07, 6.45) is 2.59. The molecular weight excluding hydrogens is 426 g/mol. The Morgan fingerprint density at radius 1 is 1.39 bits per heavy atom. The number of carbonyl (C=O) groups is 3. The summed E-state index contributed by atoms with van der Waals surface area (Å²) in [4.78, 5) is 52.3. The molecule has 31 heavy (non-hydrogen) atoms. The number of thioether (sulfide) groups is 1. The van der Waals surface area contributed by atoms with E-state index in [4.69, 9.17) is 9.57 Å². The number of nitro benzene ring substituents is 1. The van der Waals surface area contributed by atoms with E-state index in [9.17, 15) is 24.5 Å². The van der Waals surface area contributed by atoms with E-state index < -0.39 is 11.0 Å². The van der Waals surface area contributed by atoms with Gasteiger partial charge in [0.25, 0.3) is 5.69 Å². The lowest BCUT2D eigenvalue weighted by Crippen LogP contribution is -2.38. The Hall–Kier alpha value is -2.92. The number of hydrogen-bond donors (Lipinski definition) is 0. The molecule has 0 bridgehead atoms. The lowest BCUT2D eigenvalue weighted by Gasteiger charge is -2.25. The Morgan fingerprint density at radius 3 is 2.68 bits per heavy atom. The molecule has 1 aliphatic rings. The Labute approximate surface area is 184 Å². The molecule has 1 aromatic carbocycles. The number of rotatable bonds is 11. The summed E-state index contributed by atoms with van der Waals surface area (Å²) in [5, 5.41) is 11.8. The van der Waals surface area contributed by atoms with Crippen molar-refractivity contribution in [3.05, 3.63) is 52.6 Å². The van der Waals surface area contributed by atoms with E-state index in [0.29, 0.717) is 31.4 Å². The van der Waals surface area contributed by atoms with Gasteiger partial charge in [0, 0.05) is 36.9 Å². The van der Waals surface area contributed by atoms with Crippen LogP contribution < -0.4 is 0 Å². The molecule has 1 aromatic rings. The van der Waals surface area contributed by atoms with Crippen LogP contribution in [0, 0.1) is 10.1 Å². The molecule has 2 amide bonds. The first-order valence-corrected chi connectivity index (χ1v) is 10.5. The molecule has 1 fully saturated rings. The van der Waals surface area contributed by atoms with Gasteiger partial charge in [-0.15, -0.1) is 6.58 Å². The largest absolute Gasteiger partial charge is 0.445 e. The molecule has 1 heterocycles. The van der Waals surface area contributed by atoms with Crippen LogP contribution in [0.25, 0.3) is 0 Å². The van der Waals surface area contributed by atoms with Gasteiger partial charge in [0.05, 0.1) is 18.1 Å². The minimum atomic E-state index is -0.542. The maximum Gasteiger partial charge on any atom is 0.410 e. The average molecular weight is 452 g/mol. The number of amides is 2. The summed E-state index contributed by atoms with van der Waals surface area (Å²) < 4.78 is 5.39. The highest BCUT2D eigenvalue weighted by Gasteiger charge is 2.37. The predicted octanol–water partition coefficient (Wildman–Crippen LogP) is 2.92. The topological polar surface area (TPSA) is 119 Å². The van der Waals surface area contributed by atoms with Crippen LogP contribution in [0.5, 0.6) is 0 Å². The van der Waals surface area contributed by atoms with Crippen LogP contribution >= 0.6 is 11.8 Å². The molecule has 0 spiro atoms. The first-order valence-electron chi connectivity index (χ1n) is 9.63. The second kappa shape index (κ2) is 12.1. The minimum Gasteiger partial charge on any atom is -0.445 e. The van der Waals surface area contributed by atoms with E-state index >= 15 is 0 Å². The zero-order valence-electron chi connectivity index (χ0n) is 17.2.